The van der Waals surface area contributed by atoms with Gasteiger partial charge in [-0.2, -0.15) is 0 Å². The zero-order valence-electron chi connectivity index (χ0n) is 19.6. The van der Waals surface area contributed by atoms with Crippen LogP contribution in [0.2, 0.25) is 5.02 Å². The summed E-state index contributed by atoms with van der Waals surface area (Å²) in [4.78, 5) is 25.6. The van der Waals surface area contributed by atoms with Crippen molar-refractivity contribution in [2.75, 3.05) is 0 Å². The summed E-state index contributed by atoms with van der Waals surface area (Å²) < 4.78 is 5.95. The largest absolute Gasteiger partial charge is 0.489 e. The number of fused-ring (bicyclic) bond motifs is 1. The summed E-state index contributed by atoms with van der Waals surface area (Å²) >= 11 is 5.98. The third-order valence-corrected chi connectivity index (χ3v) is 7.22. The number of rotatable bonds is 6. The van der Waals surface area contributed by atoms with Crippen LogP contribution in [-0.4, -0.2) is 62.4 Å². The first-order valence-corrected chi connectivity index (χ1v) is 12.0. The molecule has 8 nitrogen and oxygen atoms in total. The van der Waals surface area contributed by atoms with Crippen molar-refractivity contribution in [3.05, 3.63) is 87.9 Å². The Bertz CT molecular complexity index is 1390. The first-order chi connectivity index (χ1) is 17.5. The van der Waals surface area contributed by atoms with E-state index < -0.39 is 29.2 Å². The van der Waals surface area contributed by atoms with E-state index in [1.54, 1.807) is 30.3 Å². The summed E-state index contributed by atoms with van der Waals surface area (Å²) in [5.41, 5.74) is 1.45. The minimum atomic E-state index is -2.29. The first kappa shape index (κ1) is 25.3. The Morgan fingerprint density at radius 1 is 1.05 bits per heavy atom. The molecule has 3 aromatic carbocycles. The second-order valence-corrected chi connectivity index (χ2v) is 9.92. The Morgan fingerprint density at radius 2 is 1.81 bits per heavy atom. The van der Waals surface area contributed by atoms with Crippen LogP contribution < -0.4 is 4.74 Å². The minimum Gasteiger partial charge on any atom is -0.489 e. The normalized spacial score (nSPS) is 22.2. The Labute approximate surface area is 219 Å². The number of carboxylic acids is 1. The zero-order valence-corrected chi connectivity index (χ0v) is 20.4. The lowest BCUT2D eigenvalue weighted by Crippen LogP contribution is -2.59. The molecule has 0 bridgehead atoms. The van der Waals surface area contributed by atoms with Crippen molar-refractivity contribution < 1.29 is 34.8 Å². The molecule has 1 aliphatic heterocycles. The van der Waals surface area contributed by atoms with Crippen LogP contribution in [-0.2, 0) is 13.2 Å². The van der Waals surface area contributed by atoms with E-state index in [1.807, 2.05) is 24.3 Å². The summed E-state index contributed by atoms with van der Waals surface area (Å²) in [5, 5.41) is 40.6. The number of hydrogen-bond donors (Lipinski definition) is 4. The molecule has 2 radical (unpaired) electrons. The average molecular weight is 520 g/mol. The first-order valence-electron chi connectivity index (χ1n) is 11.6. The van der Waals surface area contributed by atoms with Gasteiger partial charge in [-0.3, -0.25) is 4.79 Å². The fourth-order valence-corrected chi connectivity index (χ4v) is 5.27. The zero-order chi connectivity index (χ0) is 26.5. The Morgan fingerprint density at radius 3 is 2.51 bits per heavy atom. The molecule has 37 heavy (non-hydrogen) atoms. The van der Waals surface area contributed by atoms with Crippen molar-refractivity contribution in [2.24, 2.45) is 0 Å². The molecule has 0 saturated heterocycles. The lowest BCUT2D eigenvalue weighted by atomic mass is 9.76. The van der Waals surface area contributed by atoms with E-state index in [0.717, 1.165) is 11.1 Å². The molecule has 0 spiro atoms. The van der Waals surface area contributed by atoms with Crippen molar-refractivity contribution in [1.29, 1.82) is 0 Å². The summed E-state index contributed by atoms with van der Waals surface area (Å²) in [7, 11) is 5.88. The number of carbonyl (C=O) groups is 2. The van der Waals surface area contributed by atoms with Gasteiger partial charge >= 0.3 is 5.97 Å². The molecule has 2 aliphatic rings. The molecule has 1 aliphatic carbocycles. The molecule has 10 heteroatoms. The van der Waals surface area contributed by atoms with Gasteiger partial charge in [0.25, 0.3) is 5.91 Å². The van der Waals surface area contributed by atoms with Crippen molar-refractivity contribution in [3.8, 4) is 16.9 Å². The van der Waals surface area contributed by atoms with Gasteiger partial charge in [-0.15, -0.1) is 0 Å². The Hall–Kier alpha value is -3.37. The molecule has 1 saturated carbocycles. The molecule has 0 aromatic heterocycles. The maximum atomic E-state index is 13.0. The van der Waals surface area contributed by atoms with Gasteiger partial charge in [0.15, 0.2) is 5.79 Å². The van der Waals surface area contributed by atoms with Gasteiger partial charge in [0, 0.05) is 24.0 Å². The number of aliphatic hydroxyl groups is 3. The highest BCUT2D eigenvalue weighted by molar-refractivity contribution is 6.33. The van der Waals surface area contributed by atoms with Crippen LogP contribution in [0.3, 0.4) is 0 Å². The van der Waals surface area contributed by atoms with Gasteiger partial charge in [0.2, 0.25) is 0 Å². The molecule has 2 unspecified atom stereocenters. The van der Waals surface area contributed by atoms with Gasteiger partial charge < -0.3 is 30.1 Å². The predicted octanol–water partition coefficient (Wildman–Crippen LogP) is 2.94. The Kier molecular flexibility index (Phi) is 6.28. The third kappa shape index (κ3) is 4.71. The summed E-state index contributed by atoms with van der Waals surface area (Å²) in [6.45, 7) is 0.265. The highest BCUT2D eigenvalue weighted by Gasteiger charge is 2.57. The second-order valence-electron chi connectivity index (χ2n) is 9.51. The van der Waals surface area contributed by atoms with Crippen LogP contribution in [0, 0.1) is 0 Å². The number of hydrogen-bond acceptors (Lipinski definition) is 6. The summed E-state index contributed by atoms with van der Waals surface area (Å²) in [6, 6.07) is 15.9. The summed E-state index contributed by atoms with van der Waals surface area (Å²) in [5.74, 6) is -3.33. The van der Waals surface area contributed by atoms with Crippen LogP contribution in [0.15, 0.2) is 60.7 Å². The molecule has 1 amide bonds. The van der Waals surface area contributed by atoms with E-state index in [9.17, 15) is 30.0 Å². The maximum Gasteiger partial charge on any atom is 0.337 e. The molecule has 188 valence electrons. The van der Waals surface area contributed by atoms with Crippen LogP contribution in [0.4, 0.5) is 0 Å². The van der Waals surface area contributed by atoms with E-state index in [2.05, 4.69) is 0 Å². The number of carbonyl (C=O) groups excluding carboxylic acids is 1. The molecule has 1 heterocycles. The minimum absolute atomic E-state index is 0.0212. The number of ether oxygens (including phenoxy) is 1. The number of amides is 1. The van der Waals surface area contributed by atoms with Crippen LogP contribution in [0.5, 0.6) is 5.75 Å². The summed E-state index contributed by atoms with van der Waals surface area (Å²) in [6.07, 6.45) is -0.197. The highest BCUT2D eigenvalue weighted by Crippen LogP contribution is 2.41. The number of carboxylic acid groups (broad SMARTS) is 1. The number of aromatic carboxylic acids is 1. The van der Waals surface area contributed by atoms with Crippen molar-refractivity contribution in [3.63, 3.8) is 0 Å². The van der Waals surface area contributed by atoms with Gasteiger partial charge in [-0.25, -0.2) is 4.79 Å². The van der Waals surface area contributed by atoms with E-state index >= 15 is 0 Å². The van der Waals surface area contributed by atoms with Crippen LogP contribution in [0.1, 0.15) is 44.7 Å². The fraction of sp³-hybridized carbons (Fsp3) is 0.259. The number of halogens is 1. The van der Waals surface area contributed by atoms with E-state index in [0.29, 0.717) is 22.4 Å². The van der Waals surface area contributed by atoms with E-state index in [4.69, 9.17) is 24.2 Å². The number of benzene rings is 3. The quantitative estimate of drug-likeness (QED) is 0.291. The van der Waals surface area contributed by atoms with Crippen molar-refractivity contribution >= 4 is 31.3 Å². The molecular formula is C27H23BClNO7. The van der Waals surface area contributed by atoms with E-state index in [1.165, 1.54) is 11.0 Å². The molecule has 1 fully saturated rings. The number of nitrogens with zero attached hydrogens (tertiary/aromatic N) is 1. The smallest absolute Gasteiger partial charge is 0.337 e. The van der Waals surface area contributed by atoms with Gasteiger partial charge in [0.1, 0.15) is 26.2 Å². The van der Waals surface area contributed by atoms with Gasteiger partial charge in [0.05, 0.1) is 10.6 Å². The SMILES string of the molecule is [B]C1(O)CCC(O)(O)C1N1Cc2cc(OCc3cccc(-c4ccc(Cl)c(C(=O)O)c4)c3)ccc2C1=O. The molecule has 3 aromatic rings. The van der Waals surface area contributed by atoms with Gasteiger partial charge in [-0.1, -0.05) is 35.9 Å². The fourth-order valence-electron chi connectivity index (χ4n) is 5.07. The molecule has 4 N–H and O–H groups in total. The molecular weight excluding hydrogens is 497 g/mol. The standard InChI is InChI=1S/C27H23BClNO7/c28-26(34)8-9-27(35,36)25(26)30-13-18-11-19(5-6-20(18)23(30)31)37-14-15-2-1-3-16(10-15)17-4-7-22(29)21(12-17)24(32)33/h1-7,10-12,25,34-36H,8-9,13-14H2,(H,32,33). The van der Waals surface area contributed by atoms with Crippen molar-refractivity contribution in [1.82, 2.24) is 4.90 Å². The average Bonchev–Trinajstić information content (AvgIpc) is 3.28. The lowest BCUT2D eigenvalue weighted by molar-refractivity contribution is -0.199. The van der Waals surface area contributed by atoms with Crippen LogP contribution >= 0.6 is 11.6 Å². The van der Waals surface area contributed by atoms with E-state index in [-0.39, 0.29) is 36.6 Å². The second kappa shape index (κ2) is 9.18. The molecule has 5 rings (SSSR count). The Balaban J connectivity index is 1.32. The highest BCUT2D eigenvalue weighted by atomic mass is 35.5. The predicted molar refractivity (Wildman–Crippen MR) is 135 cm³/mol. The third-order valence-electron chi connectivity index (χ3n) is 6.89. The van der Waals surface area contributed by atoms with Crippen LogP contribution in [0.25, 0.3) is 11.1 Å². The topological polar surface area (TPSA) is 128 Å². The molecule has 2 atom stereocenters. The van der Waals surface area contributed by atoms with Crippen molar-refractivity contribution in [2.45, 2.75) is 43.3 Å². The lowest BCUT2D eigenvalue weighted by Gasteiger charge is -2.39. The van der Waals surface area contributed by atoms with Gasteiger partial charge in [-0.05, 0) is 65.1 Å². The maximum absolute atomic E-state index is 13.0. The monoisotopic (exact) mass is 519 g/mol.